The van der Waals surface area contributed by atoms with Crippen LogP contribution in [0.3, 0.4) is 0 Å². The Morgan fingerprint density at radius 3 is 2.62 bits per heavy atom. The zero-order chi connectivity index (χ0) is 5.98. The Labute approximate surface area is 50.2 Å². The molecule has 2 heteroatoms. The lowest BCUT2D eigenvalue weighted by atomic mass is 10.3. The fourth-order valence-electron chi connectivity index (χ4n) is 0.794. The van der Waals surface area contributed by atoms with Gasteiger partial charge in [-0.2, -0.15) is 0 Å². The Kier molecular flexibility index (Phi) is 1.86. The van der Waals surface area contributed by atoms with E-state index in [1.165, 1.54) is 0 Å². The van der Waals surface area contributed by atoms with Crippen LogP contribution in [0.15, 0.2) is 0 Å². The van der Waals surface area contributed by atoms with Gasteiger partial charge in [0, 0.05) is 12.6 Å². The largest absolute Gasteiger partial charge is 0.376 e. The first-order valence-corrected chi connectivity index (χ1v) is 3.14. The van der Waals surface area contributed by atoms with E-state index in [0.717, 1.165) is 13.2 Å². The minimum absolute atomic E-state index is 0.409. The van der Waals surface area contributed by atoms with Gasteiger partial charge in [-0.05, 0) is 13.8 Å². The predicted molar refractivity (Wildman–Crippen MR) is 32.9 cm³/mol. The third kappa shape index (κ3) is 1.46. The molecule has 0 bridgehead atoms. The van der Waals surface area contributed by atoms with Gasteiger partial charge in [0.2, 0.25) is 0 Å². The predicted octanol–water partition coefficient (Wildman–Crippen LogP) is 0.383. The standard InChI is InChI=1S/C6H13NO/c1-5-4-8-6(2)3-7-5/h5-7H,3-4H2,1-2H3/t5-,6+/m0/s1. The number of nitrogens with one attached hydrogen (secondary N) is 1. The van der Waals surface area contributed by atoms with E-state index in [0.29, 0.717) is 12.1 Å². The molecule has 0 aromatic carbocycles. The summed E-state index contributed by atoms with van der Waals surface area (Å²) in [5.41, 5.74) is 0. The van der Waals surface area contributed by atoms with Gasteiger partial charge in [-0.25, -0.2) is 0 Å². The van der Waals surface area contributed by atoms with E-state index in [2.05, 4.69) is 19.2 Å². The van der Waals surface area contributed by atoms with E-state index in [4.69, 9.17) is 4.74 Å². The number of hydrogen-bond donors (Lipinski definition) is 1. The van der Waals surface area contributed by atoms with Gasteiger partial charge in [-0.15, -0.1) is 0 Å². The second kappa shape index (κ2) is 2.46. The van der Waals surface area contributed by atoms with E-state index in [-0.39, 0.29) is 0 Å². The van der Waals surface area contributed by atoms with Crippen LogP contribution in [0.4, 0.5) is 0 Å². The molecule has 48 valence electrons. The molecule has 1 aliphatic rings. The molecule has 0 radical (unpaired) electrons. The van der Waals surface area contributed by atoms with Gasteiger partial charge in [0.25, 0.3) is 0 Å². The van der Waals surface area contributed by atoms with Gasteiger partial charge in [0.15, 0.2) is 0 Å². The smallest absolute Gasteiger partial charge is 0.0672 e. The topological polar surface area (TPSA) is 21.3 Å². The summed E-state index contributed by atoms with van der Waals surface area (Å²) in [6.07, 6.45) is 0.409. The molecule has 2 nitrogen and oxygen atoms in total. The van der Waals surface area contributed by atoms with Gasteiger partial charge in [-0.1, -0.05) is 0 Å². The molecule has 0 aromatic rings. The van der Waals surface area contributed by atoms with E-state index < -0.39 is 0 Å². The average molecular weight is 115 g/mol. The molecular weight excluding hydrogens is 102 g/mol. The van der Waals surface area contributed by atoms with Gasteiger partial charge < -0.3 is 10.1 Å². The van der Waals surface area contributed by atoms with Crippen LogP contribution in [0.25, 0.3) is 0 Å². The molecule has 0 unspecified atom stereocenters. The van der Waals surface area contributed by atoms with Crippen molar-refractivity contribution in [2.24, 2.45) is 0 Å². The fourth-order valence-corrected chi connectivity index (χ4v) is 0.794. The Balaban J connectivity index is 2.19. The van der Waals surface area contributed by atoms with Crippen molar-refractivity contribution in [3.05, 3.63) is 0 Å². The summed E-state index contributed by atoms with van der Waals surface area (Å²) < 4.78 is 5.33. The molecule has 1 heterocycles. The highest BCUT2D eigenvalue weighted by atomic mass is 16.5. The molecule has 0 aromatic heterocycles. The molecule has 0 spiro atoms. The van der Waals surface area contributed by atoms with Crippen LogP contribution >= 0.6 is 0 Å². The molecular formula is C6H13NO. The van der Waals surface area contributed by atoms with E-state index >= 15 is 0 Å². The molecule has 1 fully saturated rings. The first kappa shape index (κ1) is 6.05. The van der Waals surface area contributed by atoms with Crippen molar-refractivity contribution < 1.29 is 4.74 Å². The number of rotatable bonds is 0. The average Bonchev–Trinajstić information content (AvgIpc) is 1.77. The second-order valence-corrected chi connectivity index (χ2v) is 2.45. The highest BCUT2D eigenvalue weighted by Crippen LogP contribution is 1.97. The lowest BCUT2D eigenvalue weighted by molar-refractivity contribution is 0.0196. The zero-order valence-corrected chi connectivity index (χ0v) is 5.48. The molecule has 0 aliphatic carbocycles. The fraction of sp³-hybridized carbons (Fsp3) is 1.00. The SMILES string of the molecule is C[C@@H]1CN[C@@H](C)CO1. The minimum Gasteiger partial charge on any atom is -0.376 e. The molecule has 1 saturated heterocycles. The summed E-state index contributed by atoms with van der Waals surface area (Å²) in [6.45, 7) is 6.08. The maximum absolute atomic E-state index is 5.33. The molecule has 0 amide bonds. The van der Waals surface area contributed by atoms with Gasteiger partial charge in [-0.3, -0.25) is 0 Å². The van der Waals surface area contributed by atoms with Crippen LogP contribution in [0, 0.1) is 0 Å². The van der Waals surface area contributed by atoms with Crippen molar-refractivity contribution in [1.82, 2.24) is 5.32 Å². The molecule has 1 rings (SSSR count). The van der Waals surface area contributed by atoms with Crippen LogP contribution < -0.4 is 5.32 Å². The first-order chi connectivity index (χ1) is 3.79. The van der Waals surface area contributed by atoms with Crippen molar-refractivity contribution >= 4 is 0 Å². The summed E-state index contributed by atoms with van der Waals surface area (Å²) >= 11 is 0. The van der Waals surface area contributed by atoms with Crippen molar-refractivity contribution in [3.8, 4) is 0 Å². The van der Waals surface area contributed by atoms with Crippen LogP contribution in [-0.2, 0) is 4.74 Å². The lowest BCUT2D eigenvalue weighted by Crippen LogP contribution is -2.43. The minimum atomic E-state index is 0.409. The maximum Gasteiger partial charge on any atom is 0.0672 e. The Hall–Kier alpha value is -0.0800. The van der Waals surface area contributed by atoms with Gasteiger partial charge >= 0.3 is 0 Å². The Bertz CT molecular complexity index is 56.9. The molecule has 8 heavy (non-hydrogen) atoms. The highest BCUT2D eigenvalue weighted by Gasteiger charge is 2.12. The van der Waals surface area contributed by atoms with Crippen molar-refractivity contribution in [2.45, 2.75) is 26.0 Å². The van der Waals surface area contributed by atoms with Crippen LogP contribution in [0.5, 0.6) is 0 Å². The van der Waals surface area contributed by atoms with Crippen LogP contribution in [-0.4, -0.2) is 25.3 Å². The number of hydrogen-bond acceptors (Lipinski definition) is 2. The Morgan fingerprint density at radius 2 is 2.25 bits per heavy atom. The van der Waals surface area contributed by atoms with E-state index in [9.17, 15) is 0 Å². The zero-order valence-electron chi connectivity index (χ0n) is 5.48. The third-order valence-corrected chi connectivity index (χ3v) is 1.38. The van der Waals surface area contributed by atoms with Crippen molar-refractivity contribution in [2.75, 3.05) is 13.2 Å². The van der Waals surface area contributed by atoms with Crippen molar-refractivity contribution in [1.29, 1.82) is 0 Å². The summed E-state index contributed by atoms with van der Waals surface area (Å²) in [5, 5.41) is 3.31. The van der Waals surface area contributed by atoms with Crippen molar-refractivity contribution in [3.63, 3.8) is 0 Å². The quantitative estimate of drug-likeness (QED) is 0.493. The molecule has 1 N–H and O–H groups in total. The number of morpholine rings is 1. The highest BCUT2D eigenvalue weighted by molar-refractivity contribution is 4.68. The van der Waals surface area contributed by atoms with Crippen LogP contribution in [0.1, 0.15) is 13.8 Å². The monoisotopic (exact) mass is 115 g/mol. The van der Waals surface area contributed by atoms with E-state index in [1.54, 1.807) is 0 Å². The molecule has 1 aliphatic heterocycles. The maximum atomic E-state index is 5.33. The Morgan fingerprint density at radius 1 is 1.50 bits per heavy atom. The molecule has 0 saturated carbocycles. The van der Waals surface area contributed by atoms with Crippen LogP contribution in [0.2, 0.25) is 0 Å². The normalized spacial score (nSPS) is 39.8. The van der Waals surface area contributed by atoms with E-state index in [1.807, 2.05) is 0 Å². The molecule has 2 atom stereocenters. The summed E-state index contributed by atoms with van der Waals surface area (Å²) in [4.78, 5) is 0. The summed E-state index contributed by atoms with van der Waals surface area (Å²) in [5.74, 6) is 0. The van der Waals surface area contributed by atoms with Gasteiger partial charge in [0.1, 0.15) is 0 Å². The summed E-state index contributed by atoms with van der Waals surface area (Å²) in [6, 6.07) is 0.547. The summed E-state index contributed by atoms with van der Waals surface area (Å²) in [7, 11) is 0. The second-order valence-electron chi connectivity index (χ2n) is 2.45. The number of ether oxygens (including phenoxy) is 1. The lowest BCUT2D eigenvalue weighted by Gasteiger charge is -2.25. The third-order valence-electron chi connectivity index (χ3n) is 1.38. The van der Waals surface area contributed by atoms with Gasteiger partial charge in [0.05, 0.1) is 12.7 Å². The first-order valence-electron chi connectivity index (χ1n) is 3.14.